The minimum atomic E-state index is -3.31. The van der Waals surface area contributed by atoms with Crippen molar-refractivity contribution in [3.63, 3.8) is 0 Å². The van der Waals surface area contributed by atoms with Crippen molar-refractivity contribution < 1.29 is 26.7 Å². The first-order chi connectivity index (χ1) is 12.3. The number of halogens is 2. The Balaban J connectivity index is 1.88. The molecule has 0 unspecified atom stereocenters. The van der Waals surface area contributed by atoms with Crippen molar-refractivity contribution >= 4 is 21.4 Å². The van der Waals surface area contributed by atoms with Crippen LogP contribution in [0.1, 0.15) is 38.2 Å². The molecule has 0 aromatic heterocycles. The van der Waals surface area contributed by atoms with Crippen LogP contribution in [0.25, 0.3) is 5.57 Å². The highest BCUT2D eigenvalue weighted by Crippen LogP contribution is 2.35. The highest BCUT2D eigenvalue weighted by atomic mass is 32.2. The minimum absolute atomic E-state index is 0.0260. The van der Waals surface area contributed by atoms with E-state index in [4.69, 9.17) is 4.74 Å². The summed E-state index contributed by atoms with van der Waals surface area (Å²) in [6.07, 6.45) is -0.0925. The number of hydrogen-bond acceptors (Lipinski definition) is 4. The molecule has 2 aliphatic rings. The molecule has 0 amide bonds. The predicted octanol–water partition coefficient (Wildman–Crippen LogP) is 3.66. The molecule has 0 spiro atoms. The molecule has 0 radical (unpaired) electrons. The highest BCUT2D eigenvalue weighted by molar-refractivity contribution is 7.92. The van der Waals surface area contributed by atoms with Gasteiger partial charge in [0.25, 0.3) is 0 Å². The second-order valence-corrected chi connectivity index (χ2v) is 9.06. The molecule has 0 bridgehead atoms. The first-order valence-electron chi connectivity index (χ1n) is 8.84. The number of alkyl halides is 2. The molecular weight excluding hydrogens is 362 g/mol. The second-order valence-electron chi connectivity index (χ2n) is 6.83. The van der Waals surface area contributed by atoms with Crippen LogP contribution in [-0.4, -0.2) is 38.6 Å². The maximum atomic E-state index is 13.4. The number of carbonyl (C=O) groups excluding carboxylic acids is 1. The van der Waals surface area contributed by atoms with Crippen LogP contribution in [0.3, 0.4) is 0 Å². The van der Waals surface area contributed by atoms with Crippen molar-refractivity contribution in [2.45, 2.75) is 55.1 Å². The van der Waals surface area contributed by atoms with Gasteiger partial charge in [-0.3, -0.25) is 0 Å². The Morgan fingerprint density at radius 3 is 2.23 bits per heavy atom. The fraction of sp³-hybridized carbons (Fsp3) is 0.526. The number of hydrogen-bond donors (Lipinski definition) is 0. The van der Waals surface area contributed by atoms with Crippen LogP contribution >= 0.6 is 0 Å². The topological polar surface area (TPSA) is 60.4 Å². The average molecular weight is 384 g/mol. The van der Waals surface area contributed by atoms with E-state index in [1.165, 1.54) is 12.1 Å². The molecule has 0 heterocycles. The van der Waals surface area contributed by atoms with E-state index in [1.54, 1.807) is 25.1 Å². The zero-order chi connectivity index (χ0) is 18.9. The molecule has 0 saturated heterocycles. The molecule has 26 heavy (non-hydrogen) atoms. The molecule has 2 aliphatic carbocycles. The molecule has 3 rings (SSSR count). The van der Waals surface area contributed by atoms with E-state index in [0.717, 1.165) is 0 Å². The molecule has 0 N–H and O–H groups in total. The zero-order valence-corrected chi connectivity index (χ0v) is 15.3. The number of sulfone groups is 1. The van der Waals surface area contributed by atoms with Crippen LogP contribution in [-0.2, 0) is 19.4 Å². The Bertz CT molecular complexity index is 787. The Morgan fingerprint density at radius 2 is 1.73 bits per heavy atom. The molecule has 0 aliphatic heterocycles. The Kier molecular flexibility index (Phi) is 5.46. The number of allylic oxidation sites excluding steroid dienone is 1. The van der Waals surface area contributed by atoms with Gasteiger partial charge in [0.2, 0.25) is 0 Å². The lowest BCUT2D eigenvalue weighted by Crippen LogP contribution is -2.10. The molecule has 7 heteroatoms. The smallest absolute Gasteiger partial charge is 0.338 e. The monoisotopic (exact) mass is 384 g/mol. The highest BCUT2D eigenvalue weighted by Gasteiger charge is 2.37. The van der Waals surface area contributed by atoms with E-state index < -0.39 is 34.1 Å². The predicted molar refractivity (Wildman–Crippen MR) is 93.8 cm³/mol. The van der Waals surface area contributed by atoms with E-state index in [1.807, 2.05) is 0 Å². The summed E-state index contributed by atoms with van der Waals surface area (Å²) in [5, 5.41) is -0.310. The Hall–Kier alpha value is -1.76. The van der Waals surface area contributed by atoms with Gasteiger partial charge in [-0.15, -0.1) is 0 Å². The Labute approximate surface area is 152 Å². The van der Waals surface area contributed by atoms with Crippen molar-refractivity contribution in [3.05, 3.63) is 35.9 Å². The lowest BCUT2D eigenvalue weighted by Gasteiger charge is -2.11. The molecule has 2 saturated carbocycles. The summed E-state index contributed by atoms with van der Waals surface area (Å²) >= 11 is 0. The largest absolute Gasteiger partial charge is 0.462 e. The lowest BCUT2D eigenvalue weighted by molar-refractivity contribution is -0.136. The van der Waals surface area contributed by atoms with Gasteiger partial charge in [-0.2, -0.15) is 0 Å². The molecular formula is C19H22F2O4S. The summed E-state index contributed by atoms with van der Waals surface area (Å²) in [5.41, 5.74) is 0.699. The lowest BCUT2D eigenvalue weighted by atomic mass is 9.98. The molecule has 4 nitrogen and oxygen atoms in total. The van der Waals surface area contributed by atoms with Gasteiger partial charge in [0, 0.05) is 0 Å². The average Bonchev–Trinajstić information content (AvgIpc) is 3.41. The van der Waals surface area contributed by atoms with Crippen LogP contribution in [0, 0.1) is 5.92 Å². The zero-order valence-electron chi connectivity index (χ0n) is 14.5. The first-order valence-corrected chi connectivity index (χ1v) is 10.4. The van der Waals surface area contributed by atoms with E-state index in [0.29, 0.717) is 18.4 Å². The maximum Gasteiger partial charge on any atom is 0.338 e. The number of rotatable bonds is 6. The summed E-state index contributed by atoms with van der Waals surface area (Å²) in [4.78, 5) is 12.5. The summed E-state index contributed by atoms with van der Waals surface area (Å²) in [7, 11) is -3.31. The molecule has 3 atom stereocenters. The van der Waals surface area contributed by atoms with E-state index in [2.05, 4.69) is 0 Å². The maximum absolute atomic E-state index is 13.4. The van der Waals surface area contributed by atoms with Crippen molar-refractivity contribution in [3.8, 4) is 0 Å². The standard InChI is InChI=1S/C19H22F2O4S/c1-2-25-19(22)16(9-12-10-17(20)18(21)11-12)13-3-5-14(6-4-13)26(23,24)15-7-8-15/h3-6,9,12,15,17-18H,2,7-8,10-11H2,1H3/b16-9+/t12-,17+,18-. The second kappa shape index (κ2) is 7.47. The van der Waals surface area contributed by atoms with E-state index >= 15 is 0 Å². The number of carbonyl (C=O) groups is 1. The van der Waals surface area contributed by atoms with Gasteiger partial charge in [-0.05, 0) is 56.2 Å². The van der Waals surface area contributed by atoms with Crippen LogP contribution in [0.4, 0.5) is 8.78 Å². The third-order valence-electron chi connectivity index (χ3n) is 4.80. The van der Waals surface area contributed by atoms with Crippen molar-refractivity contribution in [1.82, 2.24) is 0 Å². The number of esters is 1. The third-order valence-corrected chi connectivity index (χ3v) is 7.08. The molecule has 142 valence electrons. The van der Waals surface area contributed by atoms with Gasteiger partial charge in [0.05, 0.1) is 22.3 Å². The fourth-order valence-electron chi connectivity index (χ4n) is 3.23. The summed E-state index contributed by atoms with van der Waals surface area (Å²) < 4.78 is 56.5. The minimum Gasteiger partial charge on any atom is -0.462 e. The van der Waals surface area contributed by atoms with Gasteiger partial charge < -0.3 is 4.74 Å². The van der Waals surface area contributed by atoms with Gasteiger partial charge >= 0.3 is 5.97 Å². The van der Waals surface area contributed by atoms with Gasteiger partial charge in [-0.25, -0.2) is 22.0 Å². The quantitative estimate of drug-likeness (QED) is 0.555. The van der Waals surface area contributed by atoms with Crippen molar-refractivity contribution in [2.24, 2.45) is 5.92 Å². The summed E-state index contributed by atoms with van der Waals surface area (Å²) in [6, 6.07) is 6.04. The molecule has 2 fully saturated rings. The summed E-state index contributed by atoms with van der Waals surface area (Å²) in [6.45, 7) is 1.85. The van der Waals surface area contributed by atoms with Crippen LogP contribution < -0.4 is 0 Å². The summed E-state index contributed by atoms with van der Waals surface area (Å²) in [5.74, 6) is -0.975. The SMILES string of the molecule is CCOC(=O)/C(=C/[C@H]1C[C@@H](F)[C@@H](F)C1)c1ccc(S(=O)(=O)C2CC2)cc1. The molecule has 1 aromatic rings. The Morgan fingerprint density at radius 1 is 1.15 bits per heavy atom. The molecule has 1 aromatic carbocycles. The van der Waals surface area contributed by atoms with Gasteiger partial charge in [0.1, 0.15) is 12.3 Å². The number of ether oxygens (including phenoxy) is 1. The van der Waals surface area contributed by atoms with E-state index in [9.17, 15) is 22.0 Å². The van der Waals surface area contributed by atoms with Gasteiger partial charge in [-0.1, -0.05) is 18.2 Å². The normalized spacial score (nSPS) is 26.7. The van der Waals surface area contributed by atoms with Crippen molar-refractivity contribution in [1.29, 1.82) is 0 Å². The van der Waals surface area contributed by atoms with Gasteiger partial charge in [0.15, 0.2) is 9.84 Å². The number of benzene rings is 1. The van der Waals surface area contributed by atoms with E-state index in [-0.39, 0.29) is 35.2 Å². The van der Waals surface area contributed by atoms with Crippen molar-refractivity contribution in [2.75, 3.05) is 6.61 Å². The van der Waals surface area contributed by atoms with Crippen LogP contribution in [0.15, 0.2) is 35.2 Å². The fourth-order valence-corrected chi connectivity index (χ4v) is 4.88. The van der Waals surface area contributed by atoms with Crippen LogP contribution in [0.2, 0.25) is 0 Å². The van der Waals surface area contributed by atoms with Crippen LogP contribution in [0.5, 0.6) is 0 Å². The first kappa shape index (κ1) is 19.0. The third kappa shape index (κ3) is 3.98.